The molecule has 1 N–H and O–H groups in total. The van der Waals surface area contributed by atoms with Crippen molar-refractivity contribution in [2.45, 2.75) is 13.3 Å². The molecule has 1 amide bonds. The molecule has 3 aromatic rings. The maximum absolute atomic E-state index is 12.9. The molecule has 2 heterocycles. The number of anilines is 1. The molecule has 0 spiro atoms. The molecule has 0 aliphatic heterocycles. The molecule has 0 fully saturated rings. The highest BCUT2D eigenvalue weighted by Crippen LogP contribution is 2.17. The molecule has 0 unspecified atom stereocenters. The summed E-state index contributed by atoms with van der Waals surface area (Å²) >= 11 is 0. The molecule has 0 saturated carbocycles. The first-order chi connectivity index (χ1) is 12.1. The van der Waals surface area contributed by atoms with Gasteiger partial charge in [-0.15, -0.1) is 0 Å². The summed E-state index contributed by atoms with van der Waals surface area (Å²) in [5, 5.41) is 6.85. The Labute approximate surface area is 143 Å². The van der Waals surface area contributed by atoms with E-state index in [1.165, 1.54) is 22.8 Å². The molecule has 6 nitrogen and oxygen atoms in total. The second-order valence-corrected chi connectivity index (χ2v) is 5.38. The molecular weight excluding hydrogens is 325 g/mol. The normalized spacial score (nSPS) is 10.6. The summed E-state index contributed by atoms with van der Waals surface area (Å²) in [7, 11) is 0. The predicted molar refractivity (Wildman–Crippen MR) is 89.9 cm³/mol. The van der Waals surface area contributed by atoms with Crippen LogP contribution in [0.4, 0.5) is 10.1 Å². The van der Waals surface area contributed by atoms with E-state index in [0.717, 1.165) is 0 Å². The smallest absolute Gasteiger partial charge is 0.341 e. The SMILES string of the molecule is CCOC(=O)c1cnn2ccc(NC(=O)Cc3ccc(F)cc3)cc12. The highest BCUT2D eigenvalue weighted by atomic mass is 19.1. The van der Waals surface area contributed by atoms with Crippen LogP contribution in [0.2, 0.25) is 0 Å². The average molecular weight is 341 g/mol. The first-order valence-electron chi connectivity index (χ1n) is 7.75. The van der Waals surface area contributed by atoms with Crippen LogP contribution in [0, 0.1) is 5.82 Å². The summed E-state index contributed by atoms with van der Waals surface area (Å²) in [5.74, 6) is -1.05. The van der Waals surface area contributed by atoms with Gasteiger partial charge in [-0.2, -0.15) is 5.10 Å². The number of rotatable bonds is 5. The van der Waals surface area contributed by atoms with Gasteiger partial charge in [-0.3, -0.25) is 4.79 Å². The molecule has 0 saturated heterocycles. The molecule has 0 atom stereocenters. The topological polar surface area (TPSA) is 72.7 Å². The third kappa shape index (κ3) is 3.82. The fourth-order valence-corrected chi connectivity index (χ4v) is 2.42. The Bertz CT molecular complexity index is 919. The highest BCUT2D eigenvalue weighted by Gasteiger charge is 2.14. The minimum atomic E-state index is -0.465. The maximum Gasteiger partial charge on any atom is 0.341 e. The van der Waals surface area contributed by atoms with Crippen molar-refractivity contribution >= 4 is 23.1 Å². The summed E-state index contributed by atoms with van der Waals surface area (Å²) < 4.78 is 19.4. The van der Waals surface area contributed by atoms with Gasteiger partial charge in [0.2, 0.25) is 5.91 Å². The molecule has 0 aliphatic carbocycles. The zero-order chi connectivity index (χ0) is 17.8. The van der Waals surface area contributed by atoms with Gasteiger partial charge in [0.25, 0.3) is 0 Å². The number of halogens is 1. The van der Waals surface area contributed by atoms with E-state index >= 15 is 0 Å². The van der Waals surface area contributed by atoms with Gasteiger partial charge >= 0.3 is 5.97 Å². The molecule has 0 radical (unpaired) electrons. The van der Waals surface area contributed by atoms with Crippen molar-refractivity contribution in [1.82, 2.24) is 9.61 Å². The van der Waals surface area contributed by atoms with Crippen LogP contribution in [-0.4, -0.2) is 28.1 Å². The second kappa shape index (κ2) is 7.12. The van der Waals surface area contributed by atoms with E-state index in [1.54, 1.807) is 37.4 Å². The summed E-state index contributed by atoms with van der Waals surface area (Å²) in [4.78, 5) is 24.1. The molecule has 128 valence electrons. The largest absolute Gasteiger partial charge is 0.462 e. The number of carbonyl (C=O) groups is 2. The van der Waals surface area contributed by atoms with Gasteiger partial charge in [0.1, 0.15) is 11.4 Å². The fraction of sp³-hybridized carbons (Fsp3) is 0.167. The van der Waals surface area contributed by atoms with Gasteiger partial charge in [0.15, 0.2) is 0 Å². The summed E-state index contributed by atoms with van der Waals surface area (Å²) in [6.45, 7) is 2.00. The maximum atomic E-state index is 12.9. The lowest BCUT2D eigenvalue weighted by Crippen LogP contribution is -2.14. The Morgan fingerprint density at radius 1 is 1.24 bits per heavy atom. The predicted octanol–water partition coefficient (Wildman–Crippen LogP) is 2.83. The lowest BCUT2D eigenvalue weighted by atomic mass is 10.1. The summed E-state index contributed by atoms with van der Waals surface area (Å²) in [6.07, 6.45) is 3.19. The molecule has 0 aliphatic rings. The minimum absolute atomic E-state index is 0.120. The van der Waals surface area contributed by atoms with E-state index in [2.05, 4.69) is 10.4 Å². The number of fused-ring (bicyclic) bond motifs is 1. The summed E-state index contributed by atoms with van der Waals surface area (Å²) in [6, 6.07) is 9.08. The lowest BCUT2D eigenvalue weighted by Gasteiger charge is -2.07. The van der Waals surface area contributed by atoms with E-state index in [1.807, 2.05) is 0 Å². The minimum Gasteiger partial charge on any atom is -0.462 e. The van der Waals surface area contributed by atoms with E-state index < -0.39 is 5.97 Å². The van der Waals surface area contributed by atoms with E-state index in [4.69, 9.17) is 4.74 Å². The number of hydrogen-bond acceptors (Lipinski definition) is 4. The lowest BCUT2D eigenvalue weighted by molar-refractivity contribution is -0.115. The van der Waals surface area contributed by atoms with Crippen LogP contribution in [0.5, 0.6) is 0 Å². The Morgan fingerprint density at radius 3 is 2.72 bits per heavy atom. The fourth-order valence-electron chi connectivity index (χ4n) is 2.42. The Balaban J connectivity index is 1.76. The van der Waals surface area contributed by atoms with E-state index in [9.17, 15) is 14.0 Å². The third-order valence-corrected chi connectivity index (χ3v) is 3.58. The molecule has 2 aromatic heterocycles. The molecule has 7 heteroatoms. The van der Waals surface area contributed by atoms with Gasteiger partial charge in [-0.25, -0.2) is 13.7 Å². The number of aromatic nitrogens is 2. The van der Waals surface area contributed by atoms with Crippen molar-refractivity contribution in [3.8, 4) is 0 Å². The van der Waals surface area contributed by atoms with E-state index in [-0.39, 0.29) is 24.8 Å². The van der Waals surface area contributed by atoms with Crippen LogP contribution >= 0.6 is 0 Å². The van der Waals surface area contributed by atoms with E-state index in [0.29, 0.717) is 22.3 Å². The van der Waals surface area contributed by atoms with Crippen molar-refractivity contribution in [1.29, 1.82) is 0 Å². The van der Waals surface area contributed by atoms with Crippen LogP contribution in [0.25, 0.3) is 5.52 Å². The first kappa shape index (κ1) is 16.6. The quantitative estimate of drug-likeness (QED) is 0.724. The van der Waals surface area contributed by atoms with Crippen molar-refractivity contribution in [2.24, 2.45) is 0 Å². The Kier molecular flexibility index (Phi) is 4.74. The second-order valence-electron chi connectivity index (χ2n) is 5.38. The number of benzene rings is 1. The van der Waals surface area contributed by atoms with Crippen molar-refractivity contribution < 1.29 is 18.7 Å². The Morgan fingerprint density at radius 2 is 2.00 bits per heavy atom. The standard InChI is InChI=1S/C18H16FN3O3/c1-2-25-18(24)15-11-20-22-8-7-14(10-16(15)22)21-17(23)9-12-3-5-13(19)6-4-12/h3-8,10-11H,2,9H2,1H3,(H,21,23). The number of esters is 1. The van der Waals surface area contributed by atoms with Crippen molar-refractivity contribution in [2.75, 3.05) is 11.9 Å². The highest BCUT2D eigenvalue weighted by molar-refractivity contribution is 5.98. The zero-order valence-corrected chi connectivity index (χ0v) is 13.5. The van der Waals surface area contributed by atoms with Gasteiger partial charge in [0, 0.05) is 11.9 Å². The molecular formula is C18H16FN3O3. The van der Waals surface area contributed by atoms with Crippen LogP contribution < -0.4 is 5.32 Å². The van der Waals surface area contributed by atoms with Crippen LogP contribution in [-0.2, 0) is 16.0 Å². The molecule has 3 rings (SSSR count). The Hall–Kier alpha value is -3.22. The van der Waals surface area contributed by atoms with Gasteiger partial charge < -0.3 is 10.1 Å². The van der Waals surface area contributed by atoms with Crippen LogP contribution in [0.15, 0.2) is 48.8 Å². The van der Waals surface area contributed by atoms with Crippen LogP contribution in [0.3, 0.4) is 0 Å². The number of amides is 1. The number of hydrogen-bond donors (Lipinski definition) is 1. The van der Waals surface area contributed by atoms with Gasteiger partial charge in [0.05, 0.1) is 24.7 Å². The number of ether oxygens (including phenoxy) is 1. The number of pyridine rings is 1. The van der Waals surface area contributed by atoms with Crippen molar-refractivity contribution in [3.05, 3.63) is 65.7 Å². The molecule has 25 heavy (non-hydrogen) atoms. The molecule has 1 aromatic carbocycles. The monoisotopic (exact) mass is 341 g/mol. The molecule has 0 bridgehead atoms. The van der Waals surface area contributed by atoms with Crippen molar-refractivity contribution in [3.63, 3.8) is 0 Å². The van der Waals surface area contributed by atoms with Crippen LogP contribution in [0.1, 0.15) is 22.8 Å². The zero-order valence-electron chi connectivity index (χ0n) is 13.5. The summed E-state index contributed by atoms with van der Waals surface area (Å²) in [5.41, 5.74) is 2.11. The average Bonchev–Trinajstić information content (AvgIpc) is 3.00. The number of nitrogens with zero attached hydrogens (tertiary/aromatic N) is 2. The first-order valence-corrected chi connectivity index (χ1v) is 7.75. The number of nitrogens with one attached hydrogen (secondary N) is 1. The van der Waals surface area contributed by atoms with Gasteiger partial charge in [-0.1, -0.05) is 12.1 Å². The third-order valence-electron chi connectivity index (χ3n) is 3.58. The van der Waals surface area contributed by atoms with Gasteiger partial charge in [-0.05, 0) is 36.8 Å². The number of carbonyl (C=O) groups excluding carboxylic acids is 2.